The average molecular weight is 1590 g/mol. The molecule has 3 aromatic heterocycles. The van der Waals surface area contributed by atoms with Crippen LogP contribution in [0.5, 0.6) is 5.88 Å². The number of hydrogen-bond acceptors (Lipinski definition) is 20. The van der Waals surface area contributed by atoms with E-state index in [4.69, 9.17) is 26.1 Å². The van der Waals surface area contributed by atoms with E-state index < -0.39 is 60.9 Å². The molecule has 5 amide bonds. The number of H-pyrrole nitrogens is 1. The van der Waals surface area contributed by atoms with Gasteiger partial charge in [0.15, 0.2) is 0 Å². The van der Waals surface area contributed by atoms with Crippen LogP contribution in [0.1, 0.15) is 151 Å². The van der Waals surface area contributed by atoms with Gasteiger partial charge in [-0.05, 0) is 159 Å². The first-order chi connectivity index (χ1) is 53.7. The number of carbonyl (C=O) groups excluding carboxylic acids is 5. The van der Waals surface area contributed by atoms with Crippen LogP contribution in [0.3, 0.4) is 0 Å². The smallest absolute Gasteiger partial charge is 0.293 e. The molecule has 0 saturated carbocycles. The number of likely N-dealkylation sites (tertiary alicyclic amines) is 1. The molecule has 26 nitrogen and oxygen atoms in total. The monoisotopic (exact) mass is 1590 g/mol. The minimum atomic E-state index is -4.63. The predicted octanol–water partition coefficient (Wildman–Crippen LogP) is 12.1. The van der Waals surface area contributed by atoms with E-state index in [-0.39, 0.29) is 65.7 Å². The fourth-order valence-electron chi connectivity index (χ4n) is 16.5. The first-order valence-corrected chi connectivity index (χ1v) is 42.2. The topological polar surface area (TPSA) is 310 Å². The van der Waals surface area contributed by atoms with Gasteiger partial charge in [-0.25, -0.2) is 18.1 Å². The van der Waals surface area contributed by atoms with Crippen molar-refractivity contribution in [1.29, 1.82) is 0 Å². The van der Waals surface area contributed by atoms with E-state index in [0.29, 0.717) is 113 Å². The number of nitrogens with zero attached hydrogens (tertiary/aromatic N) is 9. The van der Waals surface area contributed by atoms with Gasteiger partial charge in [-0.15, -0.1) is 11.3 Å². The normalized spacial score (nSPS) is 20.2. The van der Waals surface area contributed by atoms with Crippen molar-refractivity contribution < 1.29 is 51.9 Å². The lowest BCUT2D eigenvalue weighted by molar-refractivity contribution is -0.384. The molecule has 4 aromatic carbocycles. The second-order valence-corrected chi connectivity index (χ2v) is 35.4. The fourth-order valence-corrected chi connectivity index (χ4v) is 18.5. The number of amides is 5. The molecule has 4 saturated heterocycles. The Morgan fingerprint density at radius 1 is 0.839 bits per heavy atom. The number of nitro groups is 1. The summed E-state index contributed by atoms with van der Waals surface area (Å²) in [7, 11) is -4.63. The van der Waals surface area contributed by atoms with Crippen LogP contribution in [0, 0.1) is 33.8 Å². The molecule has 0 radical (unpaired) electrons. The number of aliphatic hydroxyl groups excluding tert-OH is 1. The summed E-state index contributed by atoms with van der Waals surface area (Å²) in [6.07, 6.45) is 9.47. The summed E-state index contributed by atoms with van der Waals surface area (Å²) < 4.78 is 42.3. The lowest BCUT2D eigenvalue weighted by atomic mass is 9.70. The van der Waals surface area contributed by atoms with Crippen LogP contribution in [-0.2, 0) is 33.9 Å². The molecule has 13 rings (SSSR count). The third-order valence-corrected chi connectivity index (χ3v) is 25.6. The number of aromatic nitrogens is 3. The largest absolute Gasteiger partial charge is 0.476 e. The number of anilines is 4. The molecule has 112 heavy (non-hydrogen) atoms. The molecule has 4 fully saturated rings. The maximum absolute atomic E-state index is 14.7. The molecule has 5 aliphatic heterocycles. The Balaban J connectivity index is 0.585. The van der Waals surface area contributed by atoms with Gasteiger partial charge in [0.25, 0.3) is 21.6 Å². The summed E-state index contributed by atoms with van der Waals surface area (Å²) >= 11 is 8.09. The van der Waals surface area contributed by atoms with Crippen LogP contribution in [0.25, 0.3) is 27.0 Å². The zero-order valence-electron chi connectivity index (χ0n) is 64.9. The van der Waals surface area contributed by atoms with Crippen molar-refractivity contribution in [2.75, 3.05) is 120 Å². The number of halogens is 1. The standard InChI is InChI=1S/C83H105ClN14O12S2/c1-54(57-14-16-59(17-15-57)75-55(2)87-53-111-75)88-79(103)71-46-64(99)51-97(71)81(104)76(82(3,4)5)89-73(100)12-9-7-8-10-13-74(101)95-39-35-93(36-40-95)52-83(6)30-26-61(67(48-83)58-18-20-62(84)21-19-58)50-92-33-37-94(38-34-92)63-22-24-66(69(45-63)96-32-11-41-110-80-72(96)44-60-27-31-85-77(60)90-80)78(102)91-112(107,108)65-23-25-68(70(47-65)98(105)106)86-49-56-28-42-109-43-29-56/h14-25,27,31,44-45,47,53-54,56,64,71,76,86,99H,7-13,26,28-30,32-43,46,48-52H2,1-6H3,(H,85,90)(H,88,103)(H,89,100)(H,91,102)/t54-,64+,71-,76+,83?/m0/s1. The molecule has 29 heteroatoms. The Morgan fingerprint density at radius 3 is 2.28 bits per heavy atom. The number of aryl methyl sites for hydroxylation is 1. The average Bonchev–Trinajstić information content (AvgIpc) is 1.68. The van der Waals surface area contributed by atoms with Crippen LogP contribution in [0.15, 0.2) is 119 Å². The van der Waals surface area contributed by atoms with Gasteiger partial charge >= 0.3 is 0 Å². The number of aliphatic hydroxyl groups is 1. The third kappa shape index (κ3) is 19.6. The molecule has 5 atom stereocenters. The Hall–Kier alpha value is -9.03. The quantitative estimate of drug-likeness (QED) is 0.0158. The predicted molar refractivity (Wildman–Crippen MR) is 435 cm³/mol. The molecule has 6 aliphatic rings. The maximum atomic E-state index is 14.7. The van der Waals surface area contributed by atoms with Gasteiger partial charge in [0, 0.05) is 146 Å². The number of nitrogens with one attached hydrogen (secondary N) is 5. The minimum absolute atomic E-state index is 0.0119. The number of pyridine rings is 1. The molecule has 1 aliphatic carbocycles. The van der Waals surface area contributed by atoms with E-state index in [9.17, 15) is 47.6 Å². The zero-order valence-corrected chi connectivity index (χ0v) is 67.3. The molecule has 7 aromatic rings. The minimum Gasteiger partial charge on any atom is -0.476 e. The highest BCUT2D eigenvalue weighted by Gasteiger charge is 2.45. The Labute approximate surface area is 664 Å². The highest BCUT2D eigenvalue weighted by Crippen LogP contribution is 2.46. The lowest BCUT2D eigenvalue weighted by Crippen LogP contribution is -2.57. The maximum Gasteiger partial charge on any atom is 0.293 e. The van der Waals surface area contributed by atoms with Gasteiger partial charge in [0.05, 0.1) is 55.9 Å². The van der Waals surface area contributed by atoms with Crippen LogP contribution in [0.2, 0.25) is 5.02 Å². The number of aromatic amines is 1. The van der Waals surface area contributed by atoms with Crippen molar-refractivity contribution >= 4 is 108 Å². The van der Waals surface area contributed by atoms with Gasteiger partial charge in [-0.2, -0.15) is 4.98 Å². The van der Waals surface area contributed by atoms with Crippen LogP contribution in [0.4, 0.5) is 28.4 Å². The number of fused-ring (bicyclic) bond motifs is 2. The number of allylic oxidation sites excluding steroid dienone is 1. The molecule has 0 spiro atoms. The first-order valence-electron chi connectivity index (χ1n) is 39.5. The third-order valence-electron chi connectivity index (χ3n) is 23.0. The zero-order chi connectivity index (χ0) is 79.0. The number of thiazole rings is 1. The van der Waals surface area contributed by atoms with Crippen molar-refractivity contribution in [2.24, 2.45) is 16.7 Å². The van der Waals surface area contributed by atoms with Crippen LogP contribution < -0.4 is 35.2 Å². The Morgan fingerprint density at radius 2 is 1.56 bits per heavy atom. The molecule has 0 bridgehead atoms. The number of carbonyl (C=O) groups is 5. The van der Waals surface area contributed by atoms with Gasteiger partial charge < -0.3 is 55.1 Å². The van der Waals surface area contributed by atoms with E-state index in [0.717, 1.165) is 123 Å². The SMILES string of the molecule is Cc1ncsc1-c1ccc([C@H](C)NC(=O)[C@@H]2C[C@@H](O)CN2C(=O)[C@@H](NC(=O)CCCCCCC(=O)N2CCN(CC3(C)CCC(CN4CCN(c5ccc(C(=O)NS(=O)(=O)c6ccc(NCC7CCOCC7)c([N+](=O)[O-])c6)c(N6CCCOc7nc8[nH]ccc8cc76)c5)CC4)=C(c4ccc(Cl)cc4)C3)CC2)C(C)(C)C)cc1. The van der Waals surface area contributed by atoms with Crippen molar-refractivity contribution in [1.82, 2.24) is 49.9 Å². The molecule has 6 N–H and O–H groups in total. The number of β-amino-alcohol motifs (C(OH)–C–C–N with tert-alkyl or cyclic N) is 1. The summed E-state index contributed by atoms with van der Waals surface area (Å²) in [5.41, 5.74) is 10.3. The number of benzene rings is 4. The number of sulfonamides is 1. The van der Waals surface area contributed by atoms with Crippen molar-refractivity contribution in [2.45, 2.75) is 154 Å². The summed E-state index contributed by atoms with van der Waals surface area (Å²) in [5, 5.41) is 33.9. The lowest BCUT2D eigenvalue weighted by Gasteiger charge is -2.44. The number of piperazine rings is 2. The van der Waals surface area contributed by atoms with E-state index in [1.54, 1.807) is 23.6 Å². The summed E-state index contributed by atoms with van der Waals surface area (Å²) in [6, 6.07) is 26.9. The Kier molecular flexibility index (Phi) is 25.7. The highest BCUT2D eigenvalue weighted by atomic mass is 35.5. The van der Waals surface area contributed by atoms with Crippen LogP contribution in [-0.4, -0.2) is 206 Å². The van der Waals surface area contributed by atoms with Crippen molar-refractivity contribution in [3.63, 3.8) is 0 Å². The number of rotatable bonds is 27. The number of ether oxygens (including phenoxy) is 2. The van der Waals surface area contributed by atoms with E-state index in [1.807, 2.05) is 111 Å². The molecule has 8 heterocycles. The van der Waals surface area contributed by atoms with Crippen molar-refractivity contribution in [3.05, 3.63) is 152 Å². The Bertz CT molecular complexity index is 4700. The fraction of sp³-hybridized carbons (Fsp3) is 0.506. The number of nitro benzene ring substituents is 1. The number of unbranched alkanes of at least 4 members (excludes halogenated alkanes) is 3. The van der Waals surface area contributed by atoms with E-state index >= 15 is 0 Å². The second kappa shape index (κ2) is 35.6. The highest BCUT2D eigenvalue weighted by molar-refractivity contribution is 7.90. The van der Waals surface area contributed by atoms with Gasteiger partial charge in [0.2, 0.25) is 29.5 Å². The van der Waals surface area contributed by atoms with Gasteiger partial charge in [-0.3, -0.25) is 43.9 Å². The molecular weight excluding hydrogens is 1480 g/mol. The van der Waals surface area contributed by atoms with Gasteiger partial charge in [0.1, 0.15) is 29.1 Å². The molecule has 1 unspecified atom stereocenters. The summed E-state index contributed by atoms with van der Waals surface area (Å²) in [4.78, 5) is 107. The van der Waals surface area contributed by atoms with E-state index in [1.165, 1.54) is 33.7 Å². The van der Waals surface area contributed by atoms with Crippen molar-refractivity contribution in [3.8, 4) is 16.3 Å². The van der Waals surface area contributed by atoms with E-state index in [2.05, 4.69) is 64.4 Å². The summed E-state index contributed by atoms with van der Waals surface area (Å²) in [5.74, 6) is -1.18. The first kappa shape index (κ1) is 81.0. The van der Waals surface area contributed by atoms with Gasteiger partial charge in [-0.1, -0.05) is 94.1 Å². The summed E-state index contributed by atoms with van der Waals surface area (Å²) in [6.45, 7) is 21.8. The molecule has 598 valence electrons. The molecular formula is C83H105ClN14O12S2. The second-order valence-electron chi connectivity index (χ2n) is 32.4. The van der Waals surface area contributed by atoms with Crippen LogP contribution >= 0.6 is 22.9 Å². The number of hydrogen-bond donors (Lipinski definition) is 6.